The van der Waals surface area contributed by atoms with E-state index in [1.54, 1.807) is 5.57 Å². The molecule has 0 aromatic carbocycles. The molecule has 0 atom stereocenters. The van der Waals surface area contributed by atoms with Crippen molar-refractivity contribution in [2.45, 2.75) is 0 Å². The molecule has 0 radical (unpaired) electrons. The summed E-state index contributed by atoms with van der Waals surface area (Å²) < 4.78 is 0. The first-order chi connectivity index (χ1) is 3.93. The molecule has 0 aromatic heterocycles. The largest absolute Gasteiger partial charge is 0.316 e. The van der Waals surface area contributed by atoms with Gasteiger partial charge < -0.3 is 5.32 Å². The minimum absolute atomic E-state index is 1.08. The van der Waals surface area contributed by atoms with Gasteiger partial charge in [0.1, 0.15) is 0 Å². The Morgan fingerprint density at radius 2 is 2.75 bits per heavy atom. The summed E-state index contributed by atoms with van der Waals surface area (Å²) in [4.78, 5) is 0. The molecular formula is C6H11NS. The summed E-state index contributed by atoms with van der Waals surface area (Å²) in [7, 11) is 1.99. The van der Waals surface area contributed by atoms with Gasteiger partial charge in [-0.1, -0.05) is 6.08 Å². The van der Waals surface area contributed by atoms with Crippen LogP contribution in [0.2, 0.25) is 0 Å². The topological polar surface area (TPSA) is 12.0 Å². The fraction of sp³-hybridized carbons (Fsp3) is 0.667. The highest BCUT2D eigenvalue weighted by Gasteiger charge is 2.01. The van der Waals surface area contributed by atoms with Gasteiger partial charge in [-0.15, -0.1) is 0 Å². The first-order valence-electron chi connectivity index (χ1n) is 2.83. The van der Waals surface area contributed by atoms with E-state index in [2.05, 4.69) is 11.4 Å². The summed E-state index contributed by atoms with van der Waals surface area (Å²) >= 11 is 1.99. The number of rotatable bonds is 2. The molecule has 1 rings (SSSR count). The lowest BCUT2D eigenvalue weighted by molar-refractivity contribution is 0.884. The normalized spacial score (nSPS) is 18.9. The predicted molar refractivity (Wildman–Crippen MR) is 39.3 cm³/mol. The SMILES string of the molecule is CNCC1=CCSC1. The van der Waals surface area contributed by atoms with Crippen molar-refractivity contribution >= 4 is 11.8 Å². The monoisotopic (exact) mass is 129 g/mol. The average molecular weight is 129 g/mol. The van der Waals surface area contributed by atoms with Gasteiger partial charge in [-0.05, 0) is 12.6 Å². The van der Waals surface area contributed by atoms with Crippen LogP contribution in [0.5, 0.6) is 0 Å². The summed E-state index contributed by atoms with van der Waals surface area (Å²) in [5.74, 6) is 2.46. The molecule has 0 spiro atoms. The number of nitrogens with one attached hydrogen (secondary N) is 1. The van der Waals surface area contributed by atoms with Gasteiger partial charge in [0.15, 0.2) is 0 Å². The Bertz CT molecular complexity index is 98.7. The van der Waals surface area contributed by atoms with Crippen molar-refractivity contribution < 1.29 is 0 Å². The number of thioether (sulfide) groups is 1. The Kier molecular flexibility index (Phi) is 2.43. The molecule has 1 heterocycles. The Morgan fingerprint density at radius 1 is 1.88 bits per heavy atom. The summed E-state index contributed by atoms with van der Waals surface area (Å²) in [6.45, 7) is 1.08. The van der Waals surface area contributed by atoms with Gasteiger partial charge in [0.05, 0.1) is 0 Å². The molecule has 0 bridgehead atoms. The summed E-state index contributed by atoms with van der Waals surface area (Å²) in [6, 6.07) is 0. The third-order valence-corrected chi connectivity index (χ3v) is 2.16. The lowest BCUT2D eigenvalue weighted by Gasteiger charge is -1.95. The highest BCUT2D eigenvalue weighted by molar-refractivity contribution is 7.99. The van der Waals surface area contributed by atoms with Crippen LogP contribution in [-0.2, 0) is 0 Å². The molecule has 0 aliphatic carbocycles. The number of hydrogen-bond acceptors (Lipinski definition) is 2. The van der Waals surface area contributed by atoms with Crippen LogP contribution in [0.1, 0.15) is 0 Å². The van der Waals surface area contributed by atoms with Gasteiger partial charge >= 0.3 is 0 Å². The molecule has 0 saturated heterocycles. The quantitative estimate of drug-likeness (QED) is 0.555. The van der Waals surface area contributed by atoms with Gasteiger partial charge in [0, 0.05) is 18.1 Å². The second-order valence-electron chi connectivity index (χ2n) is 1.91. The van der Waals surface area contributed by atoms with Crippen LogP contribution >= 0.6 is 11.8 Å². The molecule has 1 aliphatic heterocycles. The van der Waals surface area contributed by atoms with E-state index in [-0.39, 0.29) is 0 Å². The van der Waals surface area contributed by atoms with Crippen LogP contribution in [0, 0.1) is 0 Å². The second-order valence-corrected chi connectivity index (χ2v) is 2.94. The van der Waals surface area contributed by atoms with Crippen LogP contribution in [-0.4, -0.2) is 25.1 Å². The standard InChI is InChI=1S/C6H11NS/c1-7-4-6-2-3-8-5-6/h2,7H,3-5H2,1H3. The van der Waals surface area contributed by atoms with Crippen molar-refractivity contribution in [2.75, 3.05) is 25.1 Å². The molecule has 1 N–H and O–H groups in total. The molecule has 1 aliphatic rings. The van der Waals surface area contributed by atoms with Crippen LogP contribution in [0.3, 0.4) is 0 Å². The van der Waals surface area contributed by atoms with Gasteiger partial charge in [0.25, 0.3) is 0 Å². The molecule has 46 valence electrons. The lowest BCUT2D eigenvalue weighted by atomic mass is 10.3. The van der Waals surface area contributed by atoms with E-state index in [1.165, 1.54) is 11.5 Å². The minimum atomic E-state index is 1.08. The maximum absolute atomic E-state index is 3.13. The van der Waals surface area contributed by atoms with Crippen molar-refractivity contribution in [1.82, 2.24) is 5.32 Å². The second kappa shape index (κ2) is 3.15. The van der Waals surface area contributed by atoms with Crippen molar-refractivity contribution in [3.8, 4) is 0 Å². The molecule has 0 amide bonds. The fourth-order valence-corrected chi connectivity index (χ4v) is 1.73. The minimum Gasteiger partial charge on any atom is -0.316 e. The van der Waals surface area contributed by atoms with Crippen LogP contribution in [0.15, 0.2) is 11.6 Å². The van der Waals surface area contributed by atoms with E-state index in [4.69, 9.17) is 0 Å². The van der Waals surface area contributed by atoms with E-state index in [1.807, 2.05) is 18.8 Å². The molecule has 1 nitrogen and oxygen atoms in total. The third-order valence-electron chi connectivity index (χ3n) is 1.18. The van der Waals surface area contributed by atoms with E-state index < -0.39 is 0 Å². The maximum atomic E-state index is 3.13. The zero-order valence-electron chi connectivity index (χ0n) is 5.11. The molecule has 2 heteroatoms. The average Bonchev–Trinajstić information content (AvgIpc) is 2.19. The first-order valence-corrected chi connectivity index (χ1v) is 3.99. The molecule has 8 heavy (non-hydrogen) atoms. The number of hydrogen-bond donors (Lipinski definition) is 1. The van der Waals surface area contributed by atoms with Crippen LogP contribution in [0.4, 0.5) is 0 Å². The van der Waals surface area contributed by atoms with E-state index in [0.717, 1.165) is 6.54 Å². The zero-order valence-corrected chi connectivity index (χ0v) is 5.92. The van der Waals surface area contributed by atoms with Crippen molar-refractivity contribution in [3.63, 3.8) is 0 Å². The summed E-state index contributed by atoms with van der Waals surface area (Å²) in [5.41, 5.74) is 1.55. The first kappa shape index (κ1) is 6.17. The van der Waals surface area contributed by atoms with E-state index in [0.29, 0.717) is 0 Å². The molecule has 0 saturated carbocycles. The third kappa shape index (κ3) is 1.53. The molecule has 0 fully saturated rings. The van der Waals surface area contributed by atoms with Gasteiger partial charge in [-0.25, -0.2) is 0 Å². The van der Waals surface area contributed by atoms with Crippen LogP contribution < -0.4 is 5.32 Å². The van der Waals surface area contributed by atoms with Crippen molar-refractivity contribution in [3.05, 3.63) is 11.6 Å². The smallest absolute Gasteiger partial charge is 0.0170 e. The molecular weight excluding hydrogens is 118 g/mol. The van der Waals surface area contributed by atoms with Crippen LogP contribution in [0.25, 0.3) is 0 Å². The molecule has 0 aromatic rings. The Hall–Kier alpha value is 0.0500. The Morgan fingerprint density at radius 3 is 3.25 bits per heavy atom. The van der Waals surface area contributed by atoms with Gasteiger partial charge in [-0.3, -0.25) is 0 Å². The van der Waals surface area contributed by atoms with Crippen molar-refractivity contribution in [2.24, 2.45) is 0 Å². The summed E-state index contributed by atoms with van der Waals surface area (Å²) in [5, 5.41) is 3.13. The highest BCUT2D eigenvalue weighted by Crippen LogP contribution is 2.15. The van der Waals surface area contributed by atoms with Gasteiger partial charge in [0.2, 0.25) is 0 Å². The van der Waals surface area contributed by atoms with E-state index >= 15 is 0 Å². The molecule has 0 unspecified atom stereocenters. The number of likely N-dealkylation sites (N-methyl/N-ethyl adjacent to an activating group) is 1. The fourth-order valence-electron chi connectivity index (χ4n) is 0.776. The van der Waals surface area contributed by atoms with Gasteiger partial charge in [-0.2, -0.15) is 11.8 Å². The zero-order chi connectivity index (χ0) is 5.82. The lowest BCUT2D eigenvalue weighted by Crippen LogP contribution is -2.10. The Balaban J connectivity index is 2.23. The Labute approximate surface area is 54.5 Å². The highest BCUT2D eigenvalue weighted by atomic mass is 32.2. The van der Waals surface area contributed by atoms with Crippen molar-refractivity contribution in [1.29, 1.82) is 0 Å². The maximum Gasteiger partial charge on any atom is 0.0170 e. The predicted octanol–water partition coefficient (Wildman–Crippen LogP) is 0.879. The summed E-state index contributed by atoms with van der Waals surface area (Å²) in [6.07, 6.45) is 2.31. The van der Waals surface area contributed by atoms with E-state index in [9.17, 15) is 0 Å².